The number of hydrogen-bond acceptors (Lipinski definition) is 4. The Bertz CT molecular complexity index is 1090. The molecule has 0 aliphatic carbocycles. The molecule has 0 atom stereocenters. The van der Waals surface area contributed by atoms with Crippen molar-refractivity contribution in [3.05, 3.63) is 77.6 Å². The van der Waals surface area contributed by atoms with Gasteiger partial charge in [-0.3, -0.25) is 9.59 Å². The van der Waals surface area contributed by atoms with E-state index < -0.39 is 0 Å². The molecule has 0 radical (unpaired) electrons. The highest BCUT2D eigenvalue weighted by Crippen LogP contribution is 2.23. The number of rotatable bonds is 6. The second kappa shape index (κ2) is 10.4. The normalized spacial score (nSPS) is 14.7. The monoisotopic (exact) mass is 445 g/mol. The minimum atomic E-state index is -0.0183. The van der Waals surface area contributed by atoms with Gasteiger partial charge in [0.05, 0.1) is 22.8 Å². The van der Waals surface area contributed by atoms with Gasteiger partial charge in [0, 0.05) is 38.2 Å². The number of benzene rings is 2. The highest BCUT2D eigenvalue weighted by Gasteiger charge is 2.21. The summed E-state index contributed by atoms with van der Waals surface area (Å²) < 4.78 is 1.86. The Morgan fingerprint density at radius 2 is 1.61 bits per heavy atom. The summed E-state index contributed by atoms with van der Waals surface area (Å²) in [5, 5.41) is 7.66. The predicted molar refractivity (Wildman–Crippen MR) is 130 cm³/mol. The van der Waals surface area contributed by atoms with E-state index in [-0.39, 0.29) is 11.8 Å². The molecule has 172 valence electrons. The molecule has 3 aromatic rings. The quantitative estimate of drug-likeness (QED) is 0.629. The molecule has 1 saturated heterocycles. The first-order valence-corrected chi connectivity index (χ1v) is 11.5. The third-order valence-corrected chi connectivity index (χ3v) is 6.11. The molecule has 4 rings (SSSR count). The summed E-state index contributed by atoms with van der Waals surface area (Å²) in [6.45, 7) is 7.63. The molecule has 0 saturated carbocycles. The van der Waals surface area contributed by atoms with E-state index in [4.69, 9.17) is 0 Å². The number of nitrogens with one attached hydrogen (secondary N) is 1. The van der Waals surface area contributed by atoms with E-state index in [9.17, 15) is 9.59 Å². The van der Waals surface area contributed by atoms with Crippen molar-refractivity contribution in [2.24, 2.45) is 0 Å². The molecule has 2 amide bonds. The minimum absolute atomic E-state index is 0.0183. The Morgan fingerprint density at radius 1 is 0.909 bits per heavy atom. The summed E-state index contributed by atoms with van der Waals surface area (Å²) in [6, 6.07) is 19.3. The van der Waals surface area contributed by atoms with Crippen molar-refractivity contribution >= 4 is 17.5 Å². The molecular weight excluding hydrogens is 414 g/mol. The van der Waals surface area contributed by atoms with Gasteiger partial charge in [0.1, 0.15) is 0 Å². The van der Waals surface area contributed by atoms with Crippen LogP contribution in [0.2, 0.25) is 0 Å². The second-order valence-corrected chi connectivity index (χ2v) is 8.44. The summed E-state index contributed by atoms with van der Waals surface area (Å²) in [5.41, 5.74) is 4.19. The average Bonchev–Trinajstić information content (AvgIpc) is 3.00. The lowest BCUT2D eigenvalue weighted by Crippen LogP contribution is -2.36. The fourth-order valence-electron chi connectivity index (χ4n) is 4.27. The Hall–Kier alpha value is -3.45. The number of nitrogens with zero attached hydrogens (tertiary/aromatic N) is 4. The van der Waals surface area contributed by atoms with Gasteiger partial charge in [-0.05, 0) is 51.1 Å². The van der Waals surface area contributed by atoms with Gasteiger partial charge in [-0.2, -0.15) is 5.10 Å². The van der Waals surface area contributed by atoms with E-state index in [2.05, 4.69) is 15.3 Å². The first-order valence-electron chi connectivity index (χ1n) is 11.5. The number of hydrogen-bond donors (Lipinski definition) is 1. The second-order valence-electron chi connectivity index (χ2n) is 8.44. The number of para-hydroxylation sites is 1. The number of carbonyl (C=O) groups is 2. The van der Waals surface area contributed by atoms with Crippen LogP contribution < -0.4 is 5.32 Å². The van der Waals surface area contributed by atoms with Crippen LogP contribution in [0.3, 0.4) is 0 Å². The third kappa shape index (κ3) is 5.49. The molecule has 2 aromatic carbocycles. The Kier molecular flexibility index (Phi) is 7.19. The molecule has 2 heterocycles. The summed E-state index contributed by atoms with van der Waals surface area (Å²) in [6.07, 6.45) is 1.31. The van der Waals surface area contributed by atoms with Crippen LogP contribution in [0.15, 0.2) is 60.7 Å². The standard InChI is InChI=1S/C26H31N5O2/c1-20-25(21(2)31(28-20)23-12-7-4-8-13-23)27-24(32)14-17-29-15-9-16-30(19-18-29)26(33)22-10-5-3-6-11-22/h3-8,10-13H,9,14-19H2,1-2H3,(H,27,32). The van der Waals surface area contributed by atoms with Crippen molar-refractivity contribution in [2.45, 2.75) is 26.7 Å². The topological polar surface area (TPSA) is 70.5 Å². The predicted octanol–water partition coefficient (Wildman–Crippen LogP) is 3.67. The zero-order chi connectivity index (χ0) is 23.2. The fourth-order valence-corrected chi connectivity index (χ4v) is 4.27. The number of aryl methyl sites for hydroxylation is 1. The van der Waals surface area contributed by atoms with Crippen molar-refractivity contribution in [3.8, 4) is 5.69 Å². The first-order chi connectivity index (χ1) is 16.0. The van der Waals surface area contributed by atoms with E-state index in [1.807, 2.05) is 84.1 Å². The molecular formula is C26H31N5O2. The van der Waals surface area contributed by atoms with E-state index in [1.165, 1.54) is 0 Å². The van der Waals surface area contributed by atoms with Crippen LogP contribution in [-0.2, 0) is 4.79 Å². The van der Waals surface area contributed by atoms with Gasteiger partial charge in [-0.25, -0.2) is 4.68 Å². The lowest BCUT2D eigenvalue weighted by atomic mass is 10.2. The molecule has 33 heavy (non-hydrogen) atoms. The van der Waals surface area contributed by atoms with Crippen molar-refractivity contribution in [1.29, 1.82) is 0 Å². The van der Waals surface area contributed by atoms with Gasteiger partial charge in [0.25, 0.3) is 5.91 Å². The maximum Gasteiger partial charge on any atom is 0.253 e. The van der Waals surface area contributed by atoms with Crippen molar-refractivity contribution in [3.63, 3.8) is 0 Å². The van der Waals surface area contributed by atoms with Gasteiger partial charge >= 0.3 is 0 Å². The number of amides is 2. The first kappa shape index (κ1) is 22.7. The SMILES string of the molecule is Cc1nn(-c2ccccc2)c(C)c1NC(=O)CCN1CCCN(C(=O)c2ccccc2)CC1. The summed E-state index contributed by atoms with van der Waals surface area (Å²) >= 11 is 0. The average molecular weight is 446 g/mol. The molecule has 0 spiro atoms. The summed E-state index contributed by atoms with van der Waals surface area (Å²) in [5.74, 6) is 0.0619. The van der Waals surface area contributed by atoms with Crippen LogP contribution in [0, 0.1) is 13.8 Å². The highest BCUT2D eigenvalue weighted by atomic mass is 16.2. The number of carbonyl (C=O) groups excluding carboxylic acids is 2. The van der Waals surface area contributed by atoms with Gasteiger partial charge in [0.15, 0.2) is 0 Å². The molecule has 1 N–H and O–H groups in total. The van der Waals surface area contributed by atoms with Crippen LogP contribution in [0.25, 0.3) is 5.69 Å². The maximum absolute atomic E-state index is 12.7. The Morgan fingerprint density at radius 3 is 2.33 bits per heavy atom. The Balaban J connectivity index is 1.30. The van der Waals surface area contributed by atoms with Crippen molar-refractivity contribution < 1.29 is 9.59 Å². The van der Waals surface area contributed by atoms with Crippen molar-refractivity contribution in [1.82, 2.24) is 19.6 Å². The highest BCUT2D eigenvalue weighted by molar-refractivity contribution is 5.94. The smallest absolute Gasteiger partial charge is 0.253 e. The van der Waals surface area contributed by atoms with Crippen LogP contribution in [0.1, 0.15) is 34.6 Å². The maximum atomic E-state index is 12.7. The van der Waals surface area contributed by atoms with Crippen LogP contribution in [0.4, 0.5) is 5.69 Å². The van der Waals surface area contributed by atoms with Crippen molar-refractivity contribution in [2.75, 3.05) is 38.0 Å². The van der Waals surface area contributed by atoms with E-state index in [0.29, 0.717) is 19.5 Å². The van der Waals surface area contributed by atoms with E-state index >= 15 is 0 Å². The molecule has 1 aromatic heterocycles. The summed E-state index contributed by atoms with van der Waals surface area (Å²) in [4.78, 5) is 29.6. The molecule has 0 bridgehead atoms. The minimum Gasteiger partial charge on any atom is -0.337 e. The number of anilines is 1. The molecule has 1 fully saturated rings. The zero-order valence-corrected chi connectivity index (χ0v) is 19.3. The lowest BCUT2D eigenvalue weighted by molar-refractivity contribution is -0.116. The molecule has 0 unspecified atom stereocenters. The molecule has 7 nitrogen and oxygen atoms in total. The fraction of sp³-hybridized carbons (Fsp3) is 0.346. The number of aromatic nitrogens is 2. The Labute approximate surface area is 195 Å². The van der Waals surface area contributed by atoms with Gasteiger partial charge in [-0.15, -0.1) is 0 Å². The van der Waals surface area contributed by atoms with Gasteiger partial charge < -0.3 is 15.1 Å². The van der Waals surface area contributed by atoms with E-state index in [0.717, 1.165) is 54.4 Å². The largest absolute Gasteiger partial charge is 0.337 e. The van der Waals surface area contributed by atoms with Crippen LogP contribution >= 0.6 is 0 Å². The van der Waals surface area contributed by atoms with Crippen LogP contribution in [0.5, 0.6) is 0 Å². The zero-order valence-electron chi connectivity index (χ0n) is 19.3. The van der Waals surface area contributed by atoms with Crippen LogP contribution in [-0.4, -0.2) is 64.1 Å². The molecule has 1 aliphatic heterocycles. The van der Waals surface area contributed by atoms with Gasteiger partial charge in [0.2, 0.25) is 5.91 Å². The van der Waals surface area contributed by atoms with E-state index in [1.54, 1.807) is 0 Å². The molecule has 1 aliphatic rings. The third-order valence-electron chi connectivity index (χ3n) is 6.11. The van der Waals surface area contributed by atoms with Gasteiger partial charge in [-0.1, -0.05) is 36.4 Å². The molecule has 7 heteroatoms. The summed E-state index contributed by atoms with van der Waals surface area (Å²) in [7, 11) is 0. The lowest BCUT2D eigenvalue weighted by Gasteiger charge is -2.22.